The van der Waals surface area contributed by atoms with Gasteiger partial charge < -0.3 is 4.90 Å². The minimum Gasteiger partial charge on any atom is -0.369 e. The van der Waals surface area contributed by atoms with Gasteiger partial charge in [0.2, 0.25) is 5.91 Å². The van der Waals surface area contributed by atoms with E-state index in [0.29, 0.717) is 38.3 Å². The molecule has 2 aliphatic rings. The Kier molecular flexibility index (Phi) is 6.83. The van der Waals surface area contributed by atoms with Crippen molar-refractivity contribution in [1.82, 2.24) is 9.91 Å². The number of benzene rings is 2. The quantitative estimate of drug-likeness (QED) is 0.664. The van der Waals surface area contributed by atoms with Crippen molar-refractivity contribution < 1.29 is 18.0 Å². The van der Waals surface area contributed by atoms with Crippen LogP contribution in [0.25, 0.3) is 6.08 Å². The first-order valence-corrected chi connectivity index (χ1v) is 11.1. The Morgan fingerprint density at radius 2 is 1.70 bits per heavy atom. The average Bonchev–Trinajstić information content (AvgIpc) is 2.81. The third kappa shape index (κ3) is 5.82. The number of hydrazone groups is 1. The monoisotopic (exact) mass is 456 g/mol. The second kappa shape index (κ2) is 9.79. The first kappa shape index (κ1) is 23.0. The van der Waals surface area contributed by atoms with Gasteiger partial charge in [-0.25, -0.2) is 5.01 Å². The first-order chi connectivity index (χ1) is 15.8. The molecule has 0 N–H and O–H groups in total. The molecule has 2 aromatic carbocycles. The summed E-state index contributed by atoms with van der Waals surface area (Å²) in [5.41, 5.74) is 2.78. The van der Waals surface area contributed by atoms with Crippen molar-refractivity contribution in [2.75, 3.05) is 44.2 Å². The van der Waals surface area contributed by atoms with E-state index in [1.165, 1.54) is 17.1 Å². The molecule has 1 saturated heterocycles. The summed E-state index contributed by atoms with van der Waals surface area (Å²) in [5, 5.41) is 6.05. The summed E-state index contributed by atoms with van der Waals surface area (Å²) in [4.78, 5) is 16.8. The summed E-state index contributed by atoms with van der Waals surface area (Å²) < 4.78 is 39.0. The molecule has 1 amide bonds. The molecule has 2 aliphatic heterocycles. The van der Waals surface area contributed by atoms with Gasteiger partial charge >= 0.3 is 6.18 Å². The average molecular weight is 457 g/mol. The summed E-state index contributed by atoms with van der Waals surface area (Å²) in [5.74, 6) is -0.0228. The summed E-state index contributed by atoms with van der Waals surface area (Å²) in [6, 6.07) is 15.3. The fourth-order valence-electron chi connectivity index (χ4n) is 4.11. The van der Waals surface area contributed by atoms with E-state index in [0.717, 1.165) is 36.0 Å². The molecule has 33 heavy (non-hydrogen) atoms. The SMILES string of the molecule is CC1=NN(CCN2CCN(c3cccc(C(F)(F)F)c3)CC2)C(=O)C/C1=C/c1ccccc1. The predicted molar refractivity (Wildman–Crippen MR) is 124 cm³/mol. The second-order valence-corrected chi connectivity index (χ2v) is 8.34. The van der Waals surface area contributed by atoms with Gasteiger partial charge in [-0.15, -0.1) is 0 Å². The number of hydrogen-bond donors (Lipinski definition) is 0. The van der Waals surface area contributed by atoms with Gasteiger partial charge in [-0.3, -0.25) is 9.69 Å². The van der Waals surface area contributed by atoms with Crippen molar-refractivity contribution in [1.29, 1.82) is 0 Å². The van der Waals surface area contributed by atoms with E-state index < -0.39 is 11.7 Å². The van der Waals surface area contributed by atoms with Crippen LogP contribution in [0.5, 0.6) is 0 Å². The van der Waals surface area contributed by atoms with E-state index in [1.807, 2.05) is 48.2 Å². The zero-order valence-electron chi connectivity index (χ0n) is 18.6. The largest absolute Gasteiger partial charge is 0.416 e. The molecule has 2 heterocycles. The van der Waals surface area contributed by atoms with Crippen molar-refractivity contribution in [3.05, 3.63) is 71.3 Å². The van der Waals surface area contributed by atoms with Gasteiger partial charge in [0.15, 0.2) is 0 Å². The lowest BCUT2D eigenvalue weighted by Gasteiger charge is -2.37. The zero-order valence-corrected chi connectivity index (χ0v) is 18.6. The van der Waals surface area contributed by atoms with Crippen molar-refractivity contribution in [3.8, 4) is 0 Å². The van der Waals surface area contributed by atoms with Crippen molar-refractivity contribution in [2.24, 2.45) is 5.10 Å². The van der Waals surface area contributed by atoms with Crippen LogP contribution < -0.4 is 4.90 Å². The third-order valence-electron chi connectivity index (χ3n) is 6.04. The van der Waals surface area contributed by atoms with Gasteiger partial charge in [-0.2, -0.15) is 18.3 Å². The Morgan fingerprint density at radius 1 is 0.970 bits per heavy atom. The lowest BCUT2D eigenvalue weighted by molar-refractivity contribution is -0.137. The molecule has 4 rings (SSSR count). The third-order valence-corrected chi connectivity index (χ3v) is 6.04. The van der Waals surface area contributed by atoms with Crippen LogP contribution in [0.2, 0.25) is 0 Å². The number of amides is 1. The van der Waals surface area contributed by atoms with Crippen LogP contribution in [0.1, 0.15) is 24.5 Å². The summed E-state index contributed by atoms with van der Waals surface area (Å²) in [6.07, 6.45) is -2.01. The maximum absolute atomic E-state index is 13.0. The van der Waals surface area contributed by atoms with Gasteiger partial charge in [0.25, 0.3) is 0 Å². The fraction of sp³-hybridized carbons (Fsp3) is 0.360. The predicted octanol–water partition coefficient (Wildman–Crippen LogP) is 4.52. The van der Waals surface area contributed by atoms with E-state index in [9.17, 15) is 18.0 Å². The maximum atomic E-state index is 13.0. The molecule has 0 radical (unpaired) electrons. The molecule has 0 aliphatic carbocycles. The number of halogens is 3. The Labute approximate surface area is 191 Å². The van der Waals surface area contributed by atoms with E-state index in [-0.39, 0.29) is 5.91 Å². The van der Waals surface area contributed by atoms with Crippen molar-refractivity contribution in [2.45, 2.75) is 19.5 Å². The fourth-order valence-corrected chi connectivity index (χ4v) is 4.11. The molecule has 0 saturated carbocycles. The molecule has 0 atom stereocenters. The molecular formula is C25H27F3N4O. The zero-order chi connectivity index (χ0) is 23.4. The highest BCUT2D eigenvalue weighted by molar-refractivity contribution is 6.08. The van der Waals surface area contributed by atoms with Gasteiger partial charge in [-0.05, 0) is 42.3 Å². The number of carbonyl (C=O) groups is 1. The number of anilines is 1. The molecule has 8 heteroatoms. The van der Waals surface area contributed by atoms with Gasteiger partial charge in [-0.1, -0.05) is 36.4 Å². The van der Waals surface area contributed by atoms with E-state index in [1.54, 1.807) is 6.07 Å². The Hall–Kier alpha value is -3.13. The Bertz CT molecular complexity index is 1040. The van der Waals surface area contributed by atoms with E-state index in [2.05, 4.69) is 10.0 Å². The Morgan fingerprint density at radius 3 is 2.39 bits per heavy atom. The molecule has 174 valence electrons. The highest BCUT2D eigenvalue weighted by Crippen LogP contribution is 2.32. The number of carbonyl (C=O) groups excluding carboxylic acids is 1. The lowest BCUT2D eigenvalue weighted by atomic mass is 10.0. The standard InChI is InChI=1S/C25H27F3N4O/c1-19-21(16-20-6-3-2-4-7-20)17-24(33)32(29-19)15-12-30-10-13-31(14-11-30)23-9-5-8-22(18-23)25(26,27)28/h2-9,16,18H,10-15,17H2,1H3/b21-16-. The number of alkyl halides is 3. The number of nitrogens with zero attached hydrogens (tertiary/aromatic N) is 4. The van der Waals surface area contributed by atoms with E-state index in [4.69, 9.17) is 0 Å². The van der Waals surface area contributed by atoms with Gasteiger partial charge in [0.1, 0.15) is 0 Å². The first-order valence-electron chi connectivity index (χ1n) is 11.1. The number of hydrogen-bond acceptors (Lipinski definition) is 4. The molecule has 5 nitrogen and oxygen atoms in total. The minimum absolute atomic E-state index is 0.0228. The molecule has 2 aromatic rings. The smallest absolute Gasteiger partial charge is 0.369 e. The molecule has 0 bridgehead atoms. The normalized spacial score (nSPS) is 19.2. The molecular weight excluding hydrogens is 429 g/mol. The van der Waals surface area contributed by atoms with Crippen molar-refractivity contribution >= 4 is 23.4 Å². The van der Waals surface area contributed by atoms with Crippen LogP contribution in [0.3, 0.4) is 0 Å². The molecule has 0 unspecified atom stereocenters. The highest BCUT2D eigenvalue weighted by Gasteiger charge is 2.31. The summed E-state index contributed by atoms with van der Waals surface area (Å²) in [7, 11) is 0. The maximum Gasteiger partial charge on any atom is 0.416 e. The number of rotatable bonds is 5. The second-order valence-electron chi connectivity index (χ2n) is 8.34. The topological polar surface area (TPSA) is 39.1 Å². The molecule has 0 spiro atoms. The Balaban J connectivity index is 1.30. The minimum atomic E-state index is -4.34. The summed E-state index contributed by atoms with van der Waals surface area (Å²) >= 11 is 0. The van der Waals surface area contributed by atoms with Crippen molar-refractivity contribution in [3.63, 3.8) is 0 Å². The van der Waals surface area contributed by atoms with E-state index >= 15 is 0 Å². The molecule has 1 fully saturated rings. The van der Waals surface area contributed by atoms with Gasteiger partial charge in [0, 0.05) is 38.4 Å². The van der Waals surface area contributed by atoms with Crippen LogP contribution in [0.15, 0.2) is 65.3 Å². The lowest BCUT2D eigenvalue weighted by Crippen LogP contribution is -2.49. The van der Waals surface area contributed by atoms with Crippen LogP contribution in [0, 0.1) is 0 Å². The molecule has 0 aromatic heterocycles. The van der Waals surface area contributed by atoms with Gasteiger partial charge in [0.05, 0.1) is 24.2 Å². The number of piperazine rings is 1. The van der Waals surface area contributed by atoms with Crippen LogP contribution in [-0.2, 0) is 11.0 Å². The highest BCUT2D eigenvalue weighted by atomic mass is 19.4. The van der Waals surface area contributed by atoms with Crippen LogP contribution in [0.4, 0.5) is 18.9 Å². The van der Waals surface area contributed by atoms with Crippen LogP contribution in [-0.4, -0.2) is 60.8 Å². The van der Waals surface area contributed by atoms with Crippen LogP contribution >= 0.6 is 0 Å². The summed E-state index contributed by atoms with van der Waals surface area (Å²) in [6.45, 7) is 5.82.